The number of anilines is 1. The third-order valence-electron chi connectivity index (χ3n) is 2.87. The van der Waals surface area contributed by atoms with Crippen molar-refractivity contribution >= 4 is 33.4 Å². The predicted molar refractivity (Wildman–Crippen MR) is 78.1 cm³/mol. The standard InChI is InChI=1S/C11H13N3O9S/c12-9(15)2-1-6(11(17)18)13-7-3-5(24(21,22)23)4-8(10(7)16)14(19)20/h3-4,6,13,16H,1-2H2,(H2,12,15)(H,17,18)(H,21,22,23)/t6-/m0/s1. The molecule has 0 spiro atoms. The van der Waals surface area contributed by atoms with E-state index in [-0.39, 0.29) is 12.8 Å². The normalized spacial score (nSPS) is 12.4. The van der Waals surface area contributed by atoms with Gasteiger partial charge in [-0.2, -0.15) is 8.42 Å². The second-order valence-electron chi connectivity index (χ2n) is 4.61. The number of hydrogen-bond acceptors (Lipinski definition) is 8. The van der Waals surface area contributed by atoms with Crippen LogP contribution in [-0.4, -0.2) is 46.0 Å². The number of aliphatic carboxylic acids is 1. The van der Waals surface area contributed by atoms with Gasteiger partial charge in [-0.05, 0) is 12.5 Å². The van der Waals surface area contributed by atoms with Crippen molar-refractivity contribution in [1.29, 1.82) is 0 Å². The number of nitro groups is 1. The number of phenols is 1. The average Bonchev–Trinajstić information content (AvgIpc) is 2.42. The van der Waals surface area contributed by atoms with Crippen molar-refractivity contribution in [3.63, 3.8) is 0 Å². The molecule has 1 aromatic carbocycles. The summed E-state index contributed by atoms with van der Waals surface area (Å²) in [5.41, 5.74) is 3.22. The second-order valence-corrected chi connectivity index (χ2v) is 6.03. The van der Waals surface area contributed by atoms with E-state index in [1.54, 1.807) is 0 Å². The highest BCUT2D eigenvalue weighted by Crippen LogP contribution is 2.37. The highest BCUT2D eigenvalue weighted by atomic mass is 32.2. The summed E-state index contributed by atoms with van der Waals surface area (Å²) < 4.78 is 31.3. The van der Waals surface area contributed by atoms with Gasteiger partial charge >= 0.3 is 11.7 Å². The van der Waals surface area contributed by atoms with Gasteiger partial charge in [0.25, 0.3) is 10.1 Å². The molecule has 1 rings (SSSR count). The molecular formula is C11H13N3O9S. The van der Waals surface area contributed by atoms with Crippen LogP contribution in [0.2, 0.25) is 0 Å². The van der Waals surface area contributed by atoms with Crippen LogP contribution in [0, 0.1) is 10.1 Å². The van der Waals surface area contributed by atoms with Gasteiger partial charge in [-0.3, -0.25) is 19.5 Å². The van der Waals surface area contributed by atoms with Gasteiger partial charge in [-0.15, -0.1) is 0 Å². The zero-order valence-electron chi connectivity index (χ0n) is 11.9. The third kappa shape index (κ3) is 4.79. The Balaban J connectivity index is 3.34. The first kappa shape index (κ1) is 19.1. The quantitative estimate of drug-likeness (QED) is 0.176. The number of rotatable bonds is 8. The van der Waals surface area contributed by atoms with E-state index in [1.807, 2.05) is 0 Å². The van der Waals surface area contributed by atoms with Crippen LogP contribution in [0.3, 0.4) is 0 Å². The molecule has 1 atom stereocenters. The molecule has 0 fully saturated rings. The number of benzene rings is 1. The molecule has 0 aliphatic heterocycles. The van der Waals surface area contributed by atoms with Gasteiger partial charge < -0.3 is 21.3 Å². The molecule has 0 radical (unpaired) electrons. The highest BCUT2D eigenvalue weighted by molar-refractivity contribution is 7.85. The van der Waals surface area contributed by atoms with Crippen molar-refractivity contribution in [3.8, 4) is 5.75 Å². The summed E-state index contributed by atoms with van der Waals surface area (Å²) in [6.07, 6.45) is -0.668. The summed E-state index contributed by atoms with van der Waals surface area (Å²) in [6.45, 7) is 0. The first-order valence-corrected chi connectivity index (χ1v) is 7.64. The van der Waals surface area contributed by atoms with E-state index in [0.717, 1.165) is 0 Å². The van der Waals surface area contributed by atoms with Gasteiger partial charge in [0.2, 0.25) is 11.7 Å². The summed E-state index contributed by atoms with van der Waals surface area (Å²) in [4.78, 5) is 30.7. The number of amides is 1. The van der Waals surface area contributed by atoms with Crippen LogP contribution >= 0.6 is 0 Å². The predicted octanol–water partition coefficient (Wildman–Crippen LogP) is -0.322. The summed E-state index contributed by atoms with van der Waals surface area (Å²) >= 11 is 0. The van der Waals surface area contributed by atoms with E-state index in [2.05, 4.69) is 5.32 Å². The number of aromatic hydroxyl groups is 1. The molecule has 0 aliphatic rings. The van der Waals surface area contributed by atoms with Crippen LogP contribution < -0.4 is 11.1 Å². The Labute approximate surface area is 134 Å². The molecule has 132 valence electrons. The summed E-state index contributed by atoms with van der Waals surface area (Å²) in [6, 6.07) is -0.466. The van der Waals surface area contributed by atoms with Crippen molar-refractivity contribution in [1.82, 2.24) is 0 Å². The van der Waals surface area contributed by atoms with Crippen LogP contribution in [0.4, 0.5) is 11.4 Å². The molecule has 0 heterocycles. The average molecular weight is 363 g/mol. The number of carboxylic acid groups (broad SMARTS) is 1. The minimum Gasteiger partial charge on any atom is -0.501 e. The summed E-state index contributed by atoms with van der Waals surface area (Å²) in [5, 5.41) is 31.9. The van der Waals surface area contributed by atoms with Gasteiger partial charge in [-0.25, -0.2) is 4.79 Å². The number of carbonyl (C=O) groups excluding carboxylic acids is 1. The monoisotopic (exact) mass is 363 g/mol. The number of hydrogen-bond donors (Lipinski definition) is 5. The summed E-state index contributed by atoms with van der Waals surface area (Å²) in [5.74, 6) is -3.31. The topological polar surface area (TPSA) is 210 Å². The maximum absolute atomic E-state index is 11.2. The Morgan fingerprint density at radius 3 is 2.38 bits per heavy atom. The van der Waals surface area contributed by atoms with Crippen molar-refractivity contribution in [2.45, 2.75) is 23.8 Å². The molecule has 0 saturated carbocycles. The Hall–Kier alpha value is -2.93. The molecule has 1 amide bonds. The van der Waals surface area contributed by atoms with Gasteiger partial charge in [0, 0.05) is 12.5 Å². The Morgan fingerprint density at radius 1 is 1.38 bits per heavy atom. The third-order valence-corrected chi connectivity index (χ3v) is 3.70. The van der Waals surface area contributed by atoms with Crippen LogP contribution in [0.5, 0.6) is 5.75 Å². The van der Waals surface area contributed by atoms with Crippen LogP contribution in [-0.2, 0) is 19.7 Å². The zero-order valence-corrected chi connectivity index (χ0v) is 12.7. The van der Waals surface area contributed by atoms with Gasteiger partial charge in [0.05, 0.1) is 10.6 Å². The van der Waals surface area contributed by atoms with Crippen molar-refractivity contribution in [2.75, 3.05) is 5.32 Å². The number of carboxylic acids is 1. The Kier molecular flexibility index (Phi) is 5.65. The molecule has 1 aromatic rings. The number of carbonyl (C=O) groups is 2. The van der Waals surface area contributed by atoms with E-state index in [1.165, 1.54) is 0 Å². The van der Waals surface area contributed by atoms with Gasteiger partial charge in [0.1, 0.15) is 10.9 Å². The summed E-state index contributed by atoms with van der Waals surface area (Å²) in [7, 11) is -4.86. The first-order valence-electron chi connectivity index (χ1n) is 6.20. The number of nitro benzene ring substituents is 1. The lowest BCUT2D eigenvalue weighted by molar-refractivity contribution is -0.386. The molecule has 0 saturated heterocycles. The Bertz CT molecular complexity index is 790. The number of phenolic OH excluding ortho intramolecular Hbond substituents is 1. The lowest BCUT2D eigenvalue weighted by Crippen LogP contribution is -2.31. The zero-order chi connectivity index (χ0) is 18.7. The van der Waals surface area contributed by atoms with E-state index >= 15 is 0 Å². The first-order chi connectivity index (χ1) is 10.9. The number of primary amides is 1. The number of nitrogens with zero attached hydrogens (tertiary/aromatic N) is 1. The van der Waals surface area contributed by atoms with Crippen LogP contribution in [0.25, 0.3) is 0 Å². The molecule has 0 unspecified atom stereocenters. The molecule has 6 N–H and O–H groups in total. The number of nitrogens with two attached hydrogens (primary N) is 1. The van der Waals surface area contributed by atoms with E-state index in [0.29, 0.717) is 12.1 Å². The smallest absolute Gasteiger partial charge is 0.326 e. The molecule has 12 nitrogen and oxygen atoms in total. The highest BCUT2D eigenvalue weighted by Gasteiger charge is 2.27. The van der Waals surface area contributed by atoms with Gasteiger partial charge in [-0.1, -0.05) is 0 Å². The van der Waals surface area contributed by atoms with Crippen molar-refractivity contribution < 1.29 is 37.7 Å². The van der Waals surface area contributed by atoms with E-state index in [4.69, 9.17) is 15.4 Å². The fourth-order valence-electron chi connectivity index (χ4n) is 1.72. The van der Waals surface area contributed by atoms with Gasteiger partial charge in [0.15, 0.2) is 0 Å². The minimum absolute atomic E-state index is 0.325. The van der Waals surface area contributed by atoms with E-state index in [9.17, 15) is 33.2 Å². The maximum atomic E-state index is 11.2. The van der Waals surface area contributed by atoms with Crippen LogP contribution in [0.1, 0.15) is 12.8 Å². The number of nitrogens with one attached hydrogen (secondary N) is 1. The molecule has 0 bridgehead atoms. The molecule has 24 heavy (non-hydrogen) atoms. The van der Waals surface area contributed by atoms with Crippen molar-refractivity contribution in [2.24, 2.45) is 5.73 Å². The maximum Gasteiger partial charge on any atom is 0.326 e. The van der Waals surface area contributed by atoms with Crippen molar-refractivity contribution in [3.05, 3.63) is 22.2 Å². The molecule has 13 heteroatoms. The second kappa shape index (κ2) is 7.10. The minimum atomic E-state index is -4.86. The lowest BCUT2D eigenvalue weighted by Gasteiger charge is -2.16. The fourth-order valence-corrected chi connectivity index (χ4v) is 2.25. The Morgan fingerprint density at radius 2 is 1.96 bits per heavy atom. The molecule has 0 aliphatic carbocycles. The SMILES string of the molecule is NC(=O)CC[C@H](Nc1cc(S(=O)(=O)O)cc([N+](=O)[O-])c1O)C(=O)O. The van der Waals surface area contributed by atoms with Crippen LogP contribution in [0.15, 0.2) is 17.0 Å². The fraction of sp³-hybridized carbons (Fsp3) is 0.273. The largest absolute Gasteiger partial charge is 0.501 e. The van der Waals surface area contributed by atoms with E-state index < -0.39 is 55.0 Å². The lowest BCUT2D eigenvalue weighted by atomic mass is 10.1. The molecule has 0 aromatic heterocycles. The molecular weight excluding hydrogens is 350 g/mol.